The number of hydrogen-bond acceptors (Lipinski definition) is 4. The summed E-state index contributed by atoms with van der Waals surface area (Å²) in [6, 6.07) is 13.7. The van der Waals surface area contributed by atoms with Crippen LogP contribution in [0.5, 0.6) is 0 Å². The Hall–Kier alpha value is -2.18. The summed E-state index contributed by atoms with van der Waals surface area (Å²) in [5.41, 5.74) is 1.19. The van der Waals surface area contributed by atoms with Crippen molar-refractivity contribution in [2.75, 3.05) is 0 Å². The predicted octanol–water partition coefficient (Wildman–Crippen LogP) is 4.69. The highest BCUT2D eigenvalue weighted by molar-refractivity contribution is 7.98. The quantitative estimate of drug-likeness (QED) is 0.632. The van der Waals surface area contributed by atoms with E-state index in [2.05, 4.69) is 10.1 Å². The SMILES string of the molecule is CC(=O)n1nc(-c2ccccc2F)nc1SCc1ccccc1Cl. The Labute approximate surface area is 147 Å². The minimum atomic E-state index is -0.430. The molecule has 0 saturated heterocycles. The van der Waals surface area contributed by atoms with Crippen LogP contribution in [0.2, 0.25) is 5.02 Å². The van der Waals surface area contributed by atoms with Crippen LogP contribution in [0.15, 0.2) is 53.7 Å². The summed E-state index contributed by atoms with van der Waals surface area (Å²) >= 11 is 7.47. The van der Waals surface area contributed by atoms with Crippen molar-refractivity contribution < 1.29 is 9.18 Å². The highest BCUT2D eigenvalue weighted by Gasteiger charge is 2.17. The number of thioether (sulfide) groups is 1. The van der Waals surface area contributed by atoms with Crippen molar-refractivity contribution in [2.45, 2.75) is 17.8 Å². The lowest BCUT2D eigenvalue weighted by Gasteiger charge is -2.03. The third-order valence-corrected chi connectivity index (χ3v) is 4.65. The van der Waals surface area contributed by atoms with Crippen molar-refractivity contribution in [3.63, 3.8) is 0 Å². The molecule has 0 saturated carbocycles. The molecule has 0 amide bonds. The fourth-order valence-corrected chi connectivity index (χ4v) is 3.37. The predicted molar refractivity (Wildman–Crippen MR) is 92.7 cm³/mol. The smallest absolute Gasteiger partial charge is 0.246 e. The van der Waals surface area contributed by atoms with Crippen molar-refractivity contribution in [2.24, 2.45) is 0 Å². The van der Waals surface area contributed by atoms with Gasteiger partial charge in [-0.25, -0.2) is 9.37 Å². The molecule has 24 heavy (non-hydrogen) atoms. The van der Waals surface area contributed by atoms with E-state index < -0.39 is 5.82 Å². The van der Waals surface area contributed by atoms with Crippen LogP contribution in [0.4, 0.5) is 4.39 Å². The van der Waals surface area contributed by atoms with E-state index in [0.717, 1.165) is 5.56 Å². The Kier molecular flexibility index (Phi) is 4.97. The molecule has 4 nitrogen and oxygen atoms in total. The van der Waals surface area contributed by atoms with Gasteiger partial charge in [0.2, 0.25) is 5.91 Å². The summed E-state index contributed by atoms with van der Waals surface area (Å²) in [4.78, 5) is 16.1. The lowest BCUT2D eigenvalue weighted by molar-refractivity contribution is 0.0909. The zero-order valence-electron chi connectivity index (χ0n) is 12.7. The number of carbonyl (C=O) groups excluding carboxylic acids is 1. The van der Waals surface area contributed by atoms with Gasteiger partial charge in [-0.05, 0) is 23.8 Å². The molecule has 3 aromatic rings. The molecule has 0 aliphatic carbocycles. The van der Waals surface area contributed by atoms with Crippen molar-refractivity contribution in [3.05, 3.63) is 64.9 Å². The summed E-state index contributed by atoms with van der Waals surface area (Å²) in [7, 11) is 0. The molecule has 0 unspecified atom stereocenters. The van der Waals surface area contributed by atoms with Crippen LogP contribution in [0.1, 0.15) is 17.3 Å². The topological polar surface area (TPSA) is 47.8 Å². The van der Waals surface area contributed by atoms with E-state index >= 15 is 0 Å². The van der Waals surface area contributed by atoms with Gasteiger partial charge in [-0.15, -0.1) is 5.10 Å². The first-order chi connectivity index (χ1) is 11.6. The molecule has 0 spiro atoms. The second kappa shape index (κ2) is 7.15. The molecule has 2 aromatic carbocycles. The first kappa shape index (κ1) is 16.7. The van der Waals surface area contributed by atoms with Gasteiger partial charge in [0.25, 0.3) is 0 Å². The van der Waals surface area contributed by atoms with Crippen molar-refractivity contribution in [3.8, 4) is 11.4 Å². The molecule has 122 valence electrons. The van der Waals surface area contributed by atoms with Crippen molar-refractivity contribution in [1.29, 1.82) is 0 Å². The molecule has 0 N–H and O–H groups in total. The van der Waals surface area contributed by atoms with E-state index in [9.17, 15) is 9.18 Å². The van der Waals surface area contributed by atoms with Crippen LogP contribution in [-0.2, 0) is 5.75 Å². The lowest BCUT2D eigenvalue weighted by Crippen LogP contribution is -2.09. The second-order valence-electron chi connectivity index (χ2n) is 5.01. The fourth-order valence-electron chi connectivity index (χ4n) is 2.11. The number of nitrogens with zero attached hydrogens (tertiary/aromatic N) is 3. The van der Waals surface area contributed by atoms with Gasteiger partial charge in [0.15, 0.2) is 11.0 Å². The van der Waals surface area contributed by atoms with Crippen LogP contribution in [0.25, 0.3) is 11.4 Å². The number of aromatic nitrogens is 3. The molecular weight excluding hydrogens is 349 g/mol. The van der Waals surface area contributed by atoms with Crippen molar-refractivity contribution >= 4 is 29.3 Å². The summed E-state index contributed by atoms with van der Waals surface area (Å²) in [6.45, 7) is 1.39. The summed E-state index contributed by atoms with van der Waals surface area (Å²) in [5, 5.41) is 5.19. The number of carbonyl (C=O) groups is 1. The van der Waals surface area contributed by atoms with Gasteiger partial charge in [0.1, 0.15) is 5.82 Å². The van der Waals surface area contributed by atoms with Gasteiger partial charge in [-0.2, -0.15) is 4.68 Å². The molecule has 1 aromatic heterocycles. The standard InChI is InChI=1S/C17H13ClFN3OS/c1-11(23)22-17(24-10-12-6-2-4-8-14(12)18)20-16(21-22)13-7-3-5-9-15(13)19/h2-9H,10H2,1H3. The van der Waals surface area contributed by atoms with Gasteiger partial charge in [0, 0.05) is 17.7 Å². The monoisotopic (exact) mass is 361 g/mol. The third-order valence-electron chi connectivity index (χ3n) is 3.31. The zero-order valence-corrected chi connectivity index (χ0v) is 14.3. The molecule has 0 fully saturated rings. The summed E-state index contributed by atoms with van der Waals surface area (Å²) in [5.74, 6) is 0.0000827. The van der Waals surface area contributed by atoms with Gasteiger partial charge < -0.3 is 0 Å². The molecular formula is C17H13ClFN3OS. The number of halogens is 2. The molecule has 0 radical (unpaired) electrons. The number of rotatable bonds is 4. The minimum Gasteiger partial charge on any atom is -0.273 e. The van der Waals surface area contributed by atoms with E-state index in [1.54, 1.807) is 24.3 Å². The van der Waals surface area contributed by atoms with Crippen LogP contribution in [0, 0.1) is 5.82 Å². The Morgan fingerprint density at radius 1 is 1.21 bits per heavy atom. The molecule has 0 aliphatic rings. The maximum Gasteiger partial charge on any atom is 0.246 e. The van der Waals surface area contributed by atoms with Crippen molar-refractivity contribution in [1.82, 2.24) is 14.8 Å². The number of benzene rings is 2. The highest BCUT2D eigenvalue weighted by Crippen LogP contribution is 2.28. The minimum absolute atomic E-state index is 0.185. The van der Waals surface area contributed by atoms with E-state index in [-0.39, 0.29) is 17.3 Å². The summed E-state index contributed by atoms with van der Waals surface area (Å²) in [6.07, 6.45) is 0. The maximum absolute atomic E-state index is 13.9. The highest BCUT2D eigenvalue weighted by atomic mass is 35.5. The maximum atomic E-state index is 13.9. The van der Waals surface area contributed by atoms with E-state index in [1.807, 2.05) is 18.2 Å². The average Bonchev–Trinajstić information content (AvgIpc) is 2.99. The normalized spacial score (nSPS) is 10.8. The Morgan fingerprint density at radius 2 is 1.92 bits per heavy atom. The first-order valence-electron chi connectivity index (χ1n) is 7.15. The average molecular weight is 362 g/mol. The van der Waals surface area contributed by atoms with Gasteiger partial charge in [-0.1, -0.05) is 53.7 Å². The number of hydrogen-bond donors (Lipinski definition) is 0. The van der Waals surface area contributed by atoms with Crippen LogP contribution < -0.4 is 0 Å². The fraction of sp³-hybridized carbons (Fsp3) is 0.118. The molecule has 0 atom stereocenters. The van der Waals surface area contributed by atoms with Gasteiger partial charge >= 0.3 is 0 Å². The Morgan fingerprint density at radius 3 is 2.62 bits per heavy atom. The largest absolute Gasteiger partial charge is 0.273 e. The molecule has 3 rings (SSSR count). The van der Waals surface area contributed by atoms with Gasteiger partial charge in [-0.3, -0.25) is 4.79 Å². The van der Waals surface area contributed by atoms with E-state index in [0.29, 0.717) is 15.9 Å². The zero-order chi connectivity index (χ0) is 17.1. The third kappa shape index (κ3) is 3.49. The van der Waals surface area contributed by atoms with Gasteiger partial charge in [0.05, 0.1) is 5.56 Å². The van der Waals surface area contributed by atoms with Crippen LogP contribution in [-0.4, -0.2) is 20.7 Å². The summed E-state index contributed by atoms with van der Waals surface area (Å²) < 4.78 is 15.1. The second-order valence-corrected chi connectivity index (χ2v) is 6.36. The Bertz CT molecular complexity index is 897. The van der Waals surface area contributed by atoms with Crippen LogP contribution >= 0.6 is 23.4 Å². The molecule has 0 aliphatic heterocycles. The molecule has 0 bridgehead atoms. The van der Waals surface area contributed by atoms with Crippen LogP contribution in [0.3, 0.4) is 0 Å². The van der Waals surface area contributed by atoms with E-state index in [1.165, 1.54) is 29.4 Å². The molecule has 7 heteroatoms. The molecule has 1 heterocycles. The first-order valence-corrected chi connectivity index (χ1v) is 8.51. The van der Waals surface area contributed by atoms with E-state index in [4.69, 9.17) is 11.6 Å². The Balaban J connectivity index is 1.91. The lowest BCUT2D eigenvalue weighted by atomic mass is 10.2.